The van der Waals surface area contributed by atoms with Crippen molar-refractivity contribution in [2.75, 3.05) is 13.1 Å². The van der Waals surface area contributed by atoms with Crippen LogP contribution in [0.15, 0.2) is 0 Å². The van der Waals surface area contributed by atoms with E-state index in [0.717, 1.165) is 25.4 Å². The fraction of sp³-hybridized carbons (Fsp3) is 0.933. The van der Waals surface area contributed by atoms with E-state index in [1.165, 1.54) is 38.6 Å². The summed E-state index contributed by atoms with van der Waals surface area (Å²) in [7, 11) is 0. The number of primary amides is 1. The lowest BCUT2D eigenvalue weighted by Gasteiger charge is -2.29. The molecule has 0 radical (unpaired) electrons. The molecule has 0 bridgehead atoms. The molecule has 19 heavy (non-hydrogen) atoms. The summed E-state index contributed by atoms with van der Waals surface area (Å²) < 4.78 is 0. The molecule has 4 heteroatoms. The van der Waals surface area contributed by atoms with Crippen LogP contribution in [0.25, 0.3) is 0 Å². The maximum absolute atomic E-state index is 11.1. The number of nitrogens with two attached hydrogens (primary N) is 2. The van der Waals surface area contributed by atoms with Gasteiger partial charge in [-0.05, 0) is 58.5 Å². The molecule has 1 heterocycles. The minimum absolute atomic E-state index is 0.395. The van der Waals surface area contributed by atoms with Gasteiger partial charge in [-0.1, -0.05) is 19.8 Å². The molecule has 1 fully saturated rings. The Kier molecular flexibility index (Phi) is 6.80. The van der Waals surface area contributed by atoms with Gasteiger partial charge < -0.3 is 16.4 Å². The Balaban J connectivity index is 2.29. The lowest BCUT2D eigenvalue weighted by atomic mass is 9.95. The van der Waals surface area contributed by atoms with Crippen molar-refractivity contribution in [3.63, 3.8) is 0 Å². The van der Waals surface area contributed by atoms with Gasteiger partial charge in [0.25, 0.3) is 0 Å². The van der Waals surface area contributed by atoms with Gasteiger partial charge in [-0.15, -0.1) is 0 Å². The largest absolute Gasteiger partial charge is 0.368 e. The van der Waals surface area contributed by atoms with Gasteiger partial charge in [-0.2, -0.15) is 0 Å². The molecular weight excluding hydrogens is 238 g/mol. The minimum atomic E-state index is -0.844. The number of carbonyl (C=O) groups is 1. The molecule has 0 spiro atoms. The first-order chi connectivity index (χ1) is 8.97. The predicted octanol–water partition coefficient (Wildman–Crippen LogP) is 2.01. The fourth-order valence-electron chi connectivity index (χ4n) is 2.92. The van der Waals surface area contributed by atoms with Crippen molar-refractivity contribution in [1.82, 2.24) is 4.90 Å². The van der Waals surface area contributed by atoms with Gasteiger partial charge in [0.15, 0.2) is 0 Å². The molecule has 1 rings (SSSR count). The van der Waals surface area contributed by atoms with Crippen LogP contribution < -0.4 is 11.5 Å². The lowest BCUT2D eigenvalue weighted by molar-refractivity contribution is -0.122. The summed E-state index contributed by atoms with van der Waals surface area (Å²) in [5.74, 6) is -0.395. The average molecular weight is 269 g/mol. The Labute approximate surface area is 117 Å². The molecular formula is C15H31N3O. The van der Waals surface area contributed by atoms with Crippen LogP contribution in [0.4, 0.5) is 0 Å². The Morgan fingerprint density at radius 3 is 2.68 bits per heavy atom. The zero-order chi connectivity index (χ0) is 14.3. The molecule has 0 aromatic heterocycles. The van der Waals surface area contributed by atoms with E-state index in [1.807, 2.05) is 0 Å². The van der Waals surface area contributed by atoms with Crippen molar-refractivity contribution >= 4 is 5.91 Å². The van der Waals surface area contributed by atoms with Crippen LogP contribution in [0.2, 0.25) is 0 Å². The third-order valence-corrected chi connectivity index (χ3v) is 4.42. The van der Waals surface area contributed by atoms with E-state index < -0.39 is 11.4 Å². The molecule has 2 unspecified atom stereocenters. The zero-order valence-electron chi connectivity index (χ0n) is 12.7. The van der Waals surface area contributed by atoms with Crippen LogP contribution >= 0.6 is 0 Å². The van der Waals surface area contributed by atoms with Crippen LogP contribution in [0, 0.1) is 0 Å². The molecule has 0 aromatic rings. The van der Waals surface area contributed by atoms with Gasteiger partial charge in [0.05, 0.1) is 5.54 Å². The van der Waals surface area contributed by atoms with Crippen LogP contribution in [0.1, 0.15) is 65.2 Å². The van der Waals surface area contributed by atoms with Gasteiger partial charge in [0.2, 0.25) is 5.91 Å². The molecule has 0 aromatic carbocycles. The maximum Gasteiger partial charge on any atom is 0.237 e. The summed E-state index contributed by atoms with van der Waals surface area (Å²) in [4.78, 5) is 13.8. The molecule has 4 nitrogen and oxygen atoms in total. The van der Waals surface area contributed by atoms with Crippen molar-refractivity contribution < 1.29 is 4.79 Å². The first-order valence-electron chi connectivity index (χ1n) is 7.80. The highest BCUT2D eigenvalue weighted by Gasteiger charge is 2.25. The number of unbranched alkanes of at least 4 members (excludes halogenated alkanes) is 1. The Hall–Kier alpha value is -0.610. The number of amides is 1. The summed E-state index contributed by atoms with van der Waals surface area (Å²) in [6, 6.07) is 0.753. The lowest BCUT2D eigenvalue weighted by Crippen LogP contribution is -2.49. The maximum atomic E-state index is 11.1. The van der Waals surface area contributed by atoms with E-state index in [0.29, 0.717) is 6.42 Å². The predicted molar refractivity (Wildman–Crippen MR) is 79.8 cm³/mol. The van der Waals surface area contributed by atoms with Crippen LogP contribution in [-0.4, -0.2) is 35.5 Å². The van der Waals surface area contributed by atoms with E-state index in [2.05, 4.69) is 11.8 Å². The average Bonchev–Trinajstić information content (AvgIpc) is 2.59. The number of nitrogens with zero attached hydrogens (tertiary/aromatic N) is 1. The molecule has 1 saturated heterocycles. The highest BCUT2D eigenvalue weighted by Crippen LogP contribution is 2.20. The highest BCUT2D eigenvalue weighted by atomic mass is 16.1. The summed E-state index contributed by atoms with van der Waals surface area (Å²) >= 11 is 0. The first kappa shape index (κ1) is 16.4. The molecule has 0 saturated carbocycles. The second kappa shape index (κ2) is 7.85. The zero-order valence-corrected chi connectivity index (χ0v) is 12.7. The Morgan fingerprint density at radius 2 is 2.05 bits per heavy atom. The summed E-state index contributed by atoms with van der Waals surface area (Å²) in [5, 5.41) is 0. The van der Waals surface area contributed by atoms with Gasteiger partial charge in [-0.3, -0.25) is 4.79 Å². The van der Waals surface area contributed by atoms with Crippen LogP contribution in [-0.2, 0) is 4.79 Å². The van der Waals surface area contributed by atoms with Gasteiger partial charge in [0.1, 0.15) is 0 Å². The van der Waals surface area contributed by atoms with Gasteiger partial charge in [0, 0.05) is 6.04 Å². The third-order valence-electron chi connectivity index (χ3n) is 4.42. The summed E-state index contributed by atoms with van der Waals surface area (Å²) in [5.41, 5.74) is 10.3. The molecule has 2 atom stereocenters. The van der Waals surface area contributed by atoms with E-state index >= 15 is 0 Å². The van der Waals surface area contributed by atoms with E-state index in [-0.39, 0.29) is 0 Å². The molecule has 1 aliphatic rings. The van der Waals surface area contributed by atoms with E-state index in [4.69, 9.17) is 11.5 Å². The topological polar surface area (TPSA) is 72.3 Å². The third kappa shape index (κ3) is 5.49. The van der Waals surface area contributed by atoms with E-state index in [1.54, 1.807) is 6.92 Å². The smallest absolute Gasteiger partial charge is 0.237 e. The minimum Gasteiger partial charge on any atom is -0.368 e. The Bertz CT molecular complexity index is 279. The Morgan fingerprint density at radius 1 is 1.32 bits per heavy atom. The first-order valence-corrected chi connectivity index (χ1v) is 7.80. The van der Waals surface area contributed by atoms with Crippen LogP contribution in [0.5, 0.6) is 0 Å². The van der Waals surface area contributed by atoms with Crippen molar-refractivity contribution in [2.24, 2.45) is 11.5 Å². The van der Waals surface area contributed by atoms with Crippen molar-refractivity contribution in [3.8, 4) is 0 Å². The second-order valence-electron chi connectivity index (χ2n) is 6.19. The molecule has 112 valence electrons. The van der Waals surface area contributed by atoms with Crippen LogP contribution in [0.3, 0.4) is 0 Å². The van der Waals surface area contributed by atoms with E-state index in [9.17, 15) is 4.79 Å². The van der Waals surface area contributed by atoms with Gasteiger partial charge >= 0.3 is 0 Å². The number of likely N-dealkylation sites (tertiary alicyclic amines) is 1. The SMILES string of the molecule is CCC1CCCCCN1CCCCC(C)(N)C(N)=O. The fourth-order valence-corrected chi connectivity index (χ4v) is 2.92. The normalized spacial score (nSPS) is 24.7. The molecule has 4 N–H and O–H groups in total. The molecule has 0 aliphatic carbocycles. The van der Waals surface area contributed by atoms with Gasteiger partial charge in [-0.25, -0.2) is 0 Å². The van der Waals surface area contributed by atoms with Crippen molar-refractivity contribution in [2.45, 2.75) is 76.8 Å². The standard InChI is InChI=1S/C15H31N3O/c1-3-13-9-5-4-7-11-18(13)12-8-6-10-15(2,17)14(16)19/h13H,3-12,17H2,1-2H3,(H2,16,19). The number of hydrogen-bond donors (Lipinski definition) is 2. The summed E-state index contributed by atoms with van der Waals surface area (Å²) in [6.45, 7) is 6.38. The second-order valence-corrected chi connectivity index (χ2v) is 6.19. The quantitative estimate of drug-likeness (QED) is 0.694. The number of carbonyl (C=O) groups excluding carboxylic acids is 1. The monoisotopic (exact) mass is 269 g/mol. The molecule has 1 amide bonds. The number of rotatable bonds is 7. The summed E-state index contributed by atoms with van der Waals surface area (Å²) in [6.07, 6.45) is 9.42. The molecule has 1 aliphatic heterocycles. The number of hydrogen-bond acceptors (Lipinski definition) is 3. The van der Waals surface area contributed by atoms with Crippen molar-refractivity contribution in [1.29, 1.82) is 0 Å². The highest BCUT2D eigenvalue weighted by molar-refractivity contribution is 5.83. The van der Waals surface area contributed by atoms with Crippen molar-refractivity contribution in [3.05, 3.63) is 0 Å².